The zero-order valence-electron chi connectivity index (χ0n) is 21.0. The first kappa shape index (κ1) is 25.7. The molecule has 1 N–H and O–H groups in total. The fourth-order valence-electron chi connectivity index (χ4n) is 4.58. The molecule has 1 atom stereocenters. The van der Waals surface area contributed by atoms with E-state index in [-0.39, 0.29) is 22.9 Å². The molecular formula is C30H31N3O2S. The van der Waals surface area contributed by atoms with E-state index in [0.717, 1.165) is 31.4 Å². The van der Waals surface area contributed by atoms with Crippen molar-refractivity contribution in [2.75, 3.05) is 11.1 Å². The lowest BCUT2D eigenvalue weighted by molar-refractivity contribution is -0.113. The van der Waals surface area contributed by atoms with Crippen LogP contribution in [0.25, 0.3) is 0 Å². The molecule has 0 saturated carbocycles. The summed E-state index contributed by atoms with van der Waals surface area (Å²) in [5, 5.41) is 13.2. The lowest BCUT2D eigenvalue weighted by Gasteiger charge is -2.37. The average molecular weight is 498 g/mol. The van der Waals surface area contributed by atoms with Gasteiger partial charge in [-0.2, -0.15) is 5.26 Å². The van der Waals surface area contributed by atoms with Crippen LogP contribution in [0.3, 0.4) is 0 Å². The minimum Gasteiger partial charge on any atom is -0.325 e. The Morgan fingerprint density at radius 1 is 1.11 bits per heavy atom. The van der Waals surface area contributed by atoms with Gasteiger partial charge >= 0.3 is 0 Å². The molecule has 0 bridgehead atoms. The Labute approximate surface area is 217 Å². The Morgan fingerprint density at radius 2 is 1.81 bits per heavy atom. The van der Waals surface area contributed by atoms with Crippen molar-refractivity contribution in [3.8, 4) is 6.07 Å². The van der Waals surface area contributed by atoms with Crippen LogP contribution in [0.2, 0.25) is 0 Å². The number of anilines is 1. The number of ketones is 1. The number of nitrogens with one attached hydrogen (secondary N) is 1. The molecule has 1 aromatic heterocycles. The van der Waals surface area contributed by atoms with Gasteiger partial charge < -0.3 is 5.32 Å². The predicted octanol–water partition coefficient (Wildman–Crippen LogP) is 6.46. The lowest BCUT2D eigenvalue weighted by Crippen LogP contribution is -2.29. The number of nitrogens with zero attached hydrogens (tertiary/aromatic N) is 2. The number of rotatable bonds is 8. The van der Waals surface area contributed by atoms with Gasteiger partial charge in [0.25, 0.3) is 0 Å². The van der Waals surface area contributed by atoms with E-state index in [9.17, 15) is 14.9 Å². The van der Waals surface area contributed by atoms with E-state index < -0.39 is 0 Å². The molecule has 0 fully saturated rings. The van der Waals surface area contributed by atoms with Gasteiger partial charge in [-0.15, -0.1) is 0 Å². The molecule has 6 heteroatoms. The Kier molecular flexibility index (Phi) is 7.91. The highest BCUT2D eigenvalue weighted by atomic mass is 32.2. The summed E-state index contributed by atoms with van der Waals surface area (Å²) < 4.78 is 0. The third-order valence-electron chi connectivity index (χ3n) is 7.30. The van der Waals surface area contributed by atoms with E-state index in [1.807, 2.05) is 24.3 Å². The van der Waals surface area contributed by atoms with Gasteiger partial charge in [-0.3, -0.25) is 9.59 Å². The van der Waals surface area contributed by atoms with Crippen LogP contribution in [-0.2, 0) is 17.6 Å². The number of aryl methyl sites for hydroxylation is 1. The number of thioether (sulfide) groups is 1. The third-order valence-corrected chi connectivity index (χ3v) is 8.29. The molecule has 0 aliphatic heterocycles. The van der Waals surface area contributed by atoms with Gasteiger partial charge in [0.2, 0.25) is 5.91 Å². The van der Waals surface area contributed by atoms with Gasteiger partial charge in [0.1, 0.15) is 11.1 Å². The normalized spacial score (nSPS) is 15.0. The molecule has 2 aromatic carbocycles. The number of hydrogen-bond acceptors (Lipinski definition) is 5. The smallest absolute Gasteiger partial charge is 0.234 e. The Bertz CT molecular complexity index is 1290. The summed E-state index contributed by atoms with van der Waals surface area (Å²) in [6.45, 7) is 6.87. The van der Waals surface area contributed by atoms with Gasteiger partial charge in [0, 0.05) is 22.5 Å². The number of carbonyl (C=O) groups excluding carboxylic acids is 2. The van der Waals surface area contributed by atoms with Crippen molar-refractivity contribution in [3.63, 3.8) is 0 Å². The Balaban J connectivity index is 1.37. The minimum absolute atomic E-state index is 0.0591. The van der Waals surface area contributed by atoms with Crippen molar-refractivity contribution in [1.29, 1.82) is 5.26 Å². The van der Waals surface area contributed by atoms with E-state index in [1.54, 1.807) is 36.4 Å². The SMILES string of the molecule is CCC(C)(C)C1CCc2nc(SCC(=O)Nc3ccc(C(=O)c4ccccc4)cc3)c(C#N)cc2C1. The molecule has 4 rings (SSSR count). The fraction of sp³-hybridized carbons (Fsp3) is 0.333. The first-order chi connectivity index (χ1) is 17.3. The number of carbonyl (C=O) groups is 2. The van der Waals surface area contributed by atoms with Crippen molar-refractivity contribution < 1.29 is 9.59 Å². The largest absolute Gasteiger partial charge is 0.325 e. The quantitative estimate of drug-likeness (QED) is 0.285. The van der Waals surface area contributed by atoms with Crippen molar-refractivity contribution in [2.24, 2.45) is 11.3 Å². The molecule has 0 radical (unpaired) electrons. The van der Waals surface area contributed by atoms with Gasteiger partial charge in [-0.1, -0.05) is 69.3 Å². The zero-order chi connectivity index (χ0) is 25.7. The van der Waals surface area contributed by atoms with Crippen LogP contribution in [0.4, 0.5) is 5.69 Å². The van der Waals surface area contributed by atoms with Crippen LogP contribution in [0.15, 0.2) is 65.7 Å². The van der Waals surface area contributed by atoms with Gasteiger partial charge in [-0.25, -0.2) is 4.98 Å². The summed E-state index contributed by atoms with van der Waals surface area (Å²) in [5.41, 5.74) is 4.83. The van der Waals surface area contributed by atoms with E-state index in [0.29, 0.717) is 33.3 Å². The number of nitriles is 1. The first-order valence-corrected chi connectivity index (χ1v) is 13.3. The van der Waals surface area contributed by atoms with E-state index >= 15 is 0 Å². The second-order valence-corrected chi connectivity index (χ2v) is 10.9. The van der Waals surface area contributed by atoms with Crippen LogP contribution >= 0.6 is 11.8 Å². The summed E-state index contributed by atoms with van der Waals surface area (Å²) in [6.07, 6.45) is 4.08. The second-order valence-electron chi connectivity index (χ2n) is 9.95. The molecule has 36 heavy (non-hydrogen) atoms. The van der Waals surface area contributed by atoms with E-state index in [2.05, 4.69) is 32.2 Å². The summed E-state index contributed by atoms with van der Waals surface area (Å²) in [7, 11) is 0. The molecule has 0 saturated heterocycles. The summed E-state index contributed by atoms with van der Waals surface area (Å²) in [4.78, 5) is 29.9. The maximum Gasteiger partial charge on any atom is 0.234 e. The van der Waals surface area contributed by atoms with Crippen LogP contribution in [0.5, 0.6) is 0 Å². The molecule has 5 nitrogen and oxygen atoms in total. The van der Waals surface area contributed by atoms with Crippen LogP contribution in [-0.4, -0.2) is 22.4 Å². The van der Waals surface area contributed by atoms with Crippen LogP contribution in [0, 0.1) is 22.7 Å². The first-order valence-electron chi connectivity index (χ1n) is 12.4. The van der Waals surface area contributed by atoms with Crippen molar-refractivity contribution in [3.05, 3.63) is 88.6 Å². The Hall–Kier alpha value is -3.43. The molecule has 1 aliphatic carbocycles. The highest BCUT2D eigenvalue weighted by Crippen LogP contribution is 2.40. The van der Waals surface area contributed by atoms with Crippen molar-refractivity contribution >= 4 is 29.1 Å². The predicted molar refractivity (Wildman–Crippen MR) is 144 cm³/mol. The maximum atomic E-state index is 12.6. The fourth-order valence-corrected chi connectivity index (χ4v) is 5.36. The number of amides is 1. The van der Waals surface area contributed by atoms with Crippen LogP contribution in [0.1, 0.15) is 66.4 Å². The highest BCUT2D eigenvalue weighted by Gasteiger charge is 2.32. The summed E-state index contributed by atoms with van der Waals surface area (Å²) >= 11 is 1.29. The van der Waals surface area contributed by atoms with E-state index in [4.69, 9.17) is 4.98 Å². The molecule has 3 aromatic rings. The van der Waals surface area contributed by atoms with Crippen molar-refractivity contribution in [2.45, 2.75) is 51.5 Å². The molecule has 1 aliphatic rings. The standard InChI is InChI=1S/C30H31N3O2S/c1-4-30(2,3)24-12-15-26-22(17-24)16-23(18-31)29(33-26)36-19-27(34)32-25-13-10-21(11-14-25)28(35)20-8-6-5-7-9-20/h5-11,13-14,16,24H,4,12,15,17,19H2,1-3H3,(H,32,34). The number of hydrogen-bond donors (Lipinski definition) is 1. The summed E-state index contributed by atoms with van der Waals surface area (Å²) in [6, 6.07) is 20.2. The number of pyridine rings is 1. The van der Waals surface area contributed by atoms with Gasteiger partial charge in [0.05, 0.1) is 11.3 Å². The number of fused-ring (bicyclic) bond motifs is 1. The summed E-state index contributed by atoms with van der Waals surface area (Å²) in [5.74, 6) is 0.491. The zero-order valence-corrected chi connectivity index (χ0v) is 21.8. The average Bonchev–Trinajstić information content (AvgIpc) is 2.91. The van der Waals surface area contributed by atoms with Crippen LogP contribution < -0.4 is 5.32 Å². The minimum atomic E-state index is -0.185. The number of aromatic nitrogens is 1. The maximum absolute atomic E-state index is 12.6. The molecule has 1 amide bonds. The molecular weight excluding hydrogens is 466 g/mol. The topological polar surface area (TPSA) is 82.8 Å². The second kappa shape index (κ2) is 11.1. The van der Waals surface area contributed by atoms with Gasteiger partial charge in [0.15, 0.2) is 5.78 Å². The van der Waals surface area contributed by atoms with Gasteiger partial charge in [-0.05, 0) is 66.5 Å². The molecule has 0 spiro atoms. The number of benzene rings is 2. The van der Waals surface area contributed by atoms with Crippen molar-refractivity contribution in [1.82, 2.24) is 4.98 Å². The Morgan fingerprint density at radius 3 is 2.47 bits per heavy atom. The lowest BCUT2D eigenvalue weighted by atomic mass is 9.69. The molecule has 1 heterocycles. The molecule has 1 unspecified atom stereocenters. The molecule has 184 valence electrons. The van der Waals surface area contributed by atoms with E-state index in [1.165, 1.54) is 17.3 Å². The monoisotopic (exact) mass is 497 g/mol. The third kappa shape index (κ3) is 5.85. The highest BCUT2D eigenvalue weighted by molar-refractivity contribution is 8.00.